The summed E-state index contributed by atoms with van der Waals surface area (Å²) in [6.45, 7) is 1.92. The number of amides is 1. The van der Waals surface area contributed by atoms with Crippen LogP contribution in [0.1, 0.15) is 5.76 Å². The second-order valence-corrected chi connectivity index (χ2v) is 11.5. The zero-order chi connectivity index (χ0) is 26.1. The lowest BCUT2D eigenvalue weighted by molar-refractivity contribution is -0.118. The Morgan fingerprint density at radius 3 is 2.63 bits per heavy atom. The average Bonchev–Trinajstić information content (AvgIpc) is 3.60. The molecule has 0 spiro atoms. The Hall–Kier alpha value is -3.71. The van der Waals surface area contributed by atoms with E-state index in [0.29, 0.717) is 54.8 Å². The first-order chi connectivity index (χ1) is 18.5. The summed E-state index contributed by atoms with van der Waals surface area (Å²) in [5.41, 5.74) is 3.01. The van der Waals surface area contributed by atoms with Crippen molar-refractivity contribution < 1.29 is 27.1 Å². The Labute approximate surface area is 222 Å². The largest absolute Gasteiger partial charge is 0.482 e. The maximum absolute atomic E-state index is 13.0. The number of rotatable bonds is 6. The van der Waals surface area contributed by atoms with Gasteiger partial charge in [0.05, 0.1) is 48.0 Å². The Balaban J connectivity index is 1.36. The van der Waals surface area contributed by atoms with Crippen LogP contribution in [0.5, 0.6) is 5.75 Å². The van der Waals surface area contributed by atoms with E-state index >= 15 is 0 Å². The number of nitrogens with zero attached hydrogens (tertiary/aromatic N) is 3. The predicted octanol–water partition coefficient (Wildman–Crippen LogP) is 3.44. The fourth-order valence-corrected chi connectivity index (χ4v) is 6.68. The molecule has 0 atom stereocenters. The summed E-state index contributed by atoms with van der Waals surface area (Å²) in [6.07, 6.45) is 1.62. The van der Waals surface area contributed by atoms with E-state index in [2.05, 4.69) is 5.32 Å². The van der Waals surface area contributed by atoms with E-state index in [0.717, 1.165) is 17.0 Å². The van der Waals surface area contributed by atoms with E-state index in [1.165, 1.54) is 15.6 Å². The Bertz CT molecular complexity index is 1630. The molecule has 2 aliphatic heterocycles. The van der Waals surface area contributed by atoms with Gasteiger partial charge in [0.2, 0.25) is 10.0 Å². The Kier molecular flexibility index (Phi) is 6.62. The molecule has 6 rings (SSSR count). The molecule has 196 valence electrons. The highest BCUT2D eigenvalue weighted by molar-refractivity contribution is 7.89. The number of hydrogen-bond acceptors (Lipinski definition) is 8. The van der Waals surface area contributed by atoms with Crippen LogP contribution in [0.15, 0.2) is 80.5 Å². The van der Waals surface area contributed by atoms with Gasteiger partial charge in [-0.25, -0.2) is 13.4 Å². The number of anilines is 1. The number of sulfonamides is 1. The molecule has 0 radical (unpaired) electrons. The van der Waals surface area contributed by atoms with E-state index in [9.17, 15) is 13.2 Å². The molecule has 0 bridgehead atoms. The summed E-state index contributed by atoms with van der Waals surface area (Å²) in [7, 11) is -3.58. The topological polar surface area (TPSA) is 115 Å². The normalized spacial score (nSPS) is 16.6. The molecule has 4 heterocycles. The smallest absolute Gasteiger partial charge is 0.262 e. The van der Waals surface area contributed by atoms with E-state index < -0.39 is 10.0 Å². The molecule has 1 amide bonds. The summed E-state index contributed by atoms with van der Waals surface area (Å²) >= 11 is 1.45. The average molecular weight is 553 g/mol. The molecule has 0 aliphatic carbocycles. The molecule has 2 aromatic heterocycles. The number of ether oxygens (including phenoxy) is 2. The lowest BCUT2D eigenvalue weighted by atomic mass is 10.1. The van der Waals surface area contributed by atoms with Crippen LogP contribution in [-0.2, 0) is 26.1 Å². The van der Waals surface area contributed by atoms with Gasteiger partial charge in [0.1, 0.15) is 11.5 Å². The first-order valence-electron chi connectivity index (χ1n) is 12.0. The number of hydrogen-bond donors (Lipinski definition) is 1. The van der Waals surface area contributed by atoms with Gasteiger partial charge in [-0.1, -0.05) is 0 Å². The second-order valence-electron chi connectivity index (χ2n) is 8.74. The summed E-state index contributed by atoms with van der Waals surface area (Å²) in [6, 6.07) is 16.0. The van der Waals surface area contributed by atoms with Crippen molar-refractivity contribution >= 4 is 38.6 Å². The molecule has 38 heavy (non-hydrogen) atoms. The summed E-state index contributed by atoms with van der Waals surface area (Å²) < 4.78 is 45.8. The number of aromatic nitrogens is 1. The van der Waals surface area contributed by atoms with Gasteiger partial charge < -0.3 is 23.8 Å². The van der Waals surface area contributed by atoms with Crippen molar-refractivity contribution in [3.8, 4) is 17.0 Å². The first-order valence-corrected chi connectivity index (χ1v) is 14.3. The third-order valence-electron chi connectivity index (χ3n) is 6.27. The fraction of sp³-hybridized carbons (Fsp3) is 0.231. The number of fused-ring (bicyclic) bond motifs is 1. The van der Waals surface area contributed by atoms with E-state index in [-0.39, 0.29) is 17.4 Å². The van der Waals surface area contributed by atoms with Crippen molar-refractivity contribution in [2.75, 3.05) is 38.2 Å². The summed E-state index contributed by atoms with van der Waals surface area (Å²) in [5.74, 6) is 1.18. The van der Waals surface area contributed by atoms with Crippen LogP contribution in [0, 0.1) is 0 Å². The lowest BCUT2D eigenvalue weighted by Crippen LogP contribution is -2.40. The van der Waals surface area contributed by atoms with Crippen molar-refractivity contribution in [1.29, 1.82) is 0 Å². The van der Waals surface area contributed by atoms with Gasteiger partial charge in [-0.3, -0.25) is 4.79 Å². The molecule has 12 heteroatoms. The molecular weight excluding hydrogens is 528 g/mol. The van der Waals surface area contributed by atoms with E-state index in [4.69, 9.17) is 18.9 Å². The Morgan fingerprint density at radius 1 is 1.05 bits per heavy atom. The molecule has 1 fully saturated rings. The second kappa shape index (κ2) is 10.2. The fourth-order valence-electron chi connectivity index (χ4n) is 4.34. The van der Waals surface area contributed by atoms with Crippen molar-refractivity contribution in [2.45, 2.75) is 11.4 Å². The van der Waals surface area contributed by atoms with Crippen LogP contribution in [0.3, 0.4) is 0 Å². The number of benzene rings is 2. The van der Waals surface area contributed by atoms with Gasteiger partial charge >= 0.3 is 0 Å². The number of nitrogens with one attached hydrogen (secondary N) is 1. The first kappa shape index (κ1) is 24.6. The van der Waals surface area contributed by atoms with Crippen molar-refractivity contribution in [2.24, 2.45) is 4.99 Å². The van der Waals surface area contributed by atoms with Crippen LogP contribution in [0.25, 0.3) is 11.3 Å². The van der Waals surface area contributed by atoms with Crippen LogP contribution in [-0.4, -0.2) is 56.1 Å². The van der Waals surface area contributed by atoms with E-state index in [1.807, 2.05) is 40.3 Å². The zero-order valence-corrected chi connectivity index (χ0v) is 21.8. The quantitative estimate of drug-likeness (QED) is 0.392. The van der Waals surface area contributed by atoms with Crippen LogP contribution >= 0.6 is 11.3 Å². The number of carbonyl (C=O) groups excluding carboxylic acids is 1. The van der Waals surface area contributed by atoms with Gasteiger partial charge in [-0.05, 0) is 54.6 Å². The molecule has 4 aromatic rings. The third kappa shape index (κ3) is 4.90. The van der Waals surface area contributed by atoms with Crippen LogP contribution in [0.4, 0.5) is 11.4 Å². The van der Waals surface area contributed by atoms with Crippen molar-refractivity contribution in [1.82, 2.24) is 8.87 Å². The van der Waals surface area contributed by atoms with Crippen molar-refractivity contribution in [3.63, 3.8) is 0 Å². The molecule has 1 saturated heterocycles. The molecule has 0 unspecified atom stereocenters. The number of carbonyl (C=O) groups is 1. The van der Waals surface area contributed by atoms with Gasteiger partial charge in [0.15, 0.2) is 11.4 Å². The molecule has 10 nitrogen and oxygen atoms in total. The monoisotopic (exact) mass is 552 g/mol. The minimum absolute atomic E-state index is 0.00113. The standard InChI is InChI=1S/C26H24N4O6S2/c31-25-16-36-24-8-3-18(14-22(24)28-25)23-17-37-26(30(23)15-20-2-1-11-35-20)27-19-4-6-21(7-5-19)38(32,33)29-9-12-34-13-10-29/h1-8,11,14,17H,9-10,12-13,15-16H2,(H,28,31). The van der Waals surface area contributed by atoms with Gasteiger partial charge in [-0.15, -0.1) is 11.3 Å². The van der Waals surface area contributed by atoms with Gasteiger partial charge in [0.25, 0.3) is 5.91 Å². The highest BCUT2D eigenvalue weighted by Crippen LogP contribution is 2.33. The number of thiazole rings is 1. The molecule has 1 N–H and O–H groups in total. The molecule has 2 aromatic carbocycles. The molecule has 0 saturated carbocycles. The van der Waals surface area contributed by atoms with Crippen molar-refractivity contribution in [3.05, 3.63) is 76.8 Å². The van der Waals surface area contributed by atoms with Crippen LogP contribution < -0.4 is 14.9 Å². The molecule has 2 aliphatic rings. The minimum atomic E-state index is -3.58. The van der Waals surface area contributed by atoms with Gasteiger partial charge in [0, 0.05) is 24.0 Å². The zero-order valence-electron chi connectivity index (χ0n) is 20.2. The molecular formula is C26H24N4O6S2. The Morgan fingerprint density at radius 2 is 1.87 bits per heavy atom. The highest BCUT2D eigenvalue weighted by atomic mass is 32.2. The summed E-state index contributed by atoms with van der Waals surface area (Å²) in [5, 5.41) is 4.84. The van der Waals surface area contributed by atoms with Gasteiger partial charge in [-0.2, -0.15) is 4.31 Å². The summed E-state index contributed by atoms with van der Waals surface area (Å²) in [4.78, 5) is 17.6. The predicted molar refractivity (Wildman–Crippen MR) is 141 cm³/mol. The highest BCUT2D eigenvalue weighted by Gasteiger charge is 2.26. The lowest BCUT2D eigenvalue weighted by Gasteiger charge is -2.26. The van der Waals surface area contributed by atoms with Crippen LogP contribution in [0.2, 0.25) is 0 Å². The maximum atomic E-state index is 13.0. The number of furan rings is 1. The third-order valence-corrected chi connectivity index (χ3v) is 9.05. The number of morpholine rings is 1. The maximum Gasteiger partial charge on any atom is 0.262 e. The van der Waals surface area contributed by atoms with E-state index in [1.54, 1.807) is 30.5 Å². The minimum Gasteiger partial charge on any atom is -0.482 e. The SMILES string of the molecule is O=C1COc2ccc(-c3csc(=Nc4ccc(S(=O)(=O)N5CCOCC5)cc4)n3Cc3ccco3)cc2N1.